The molecule has 1 aliphatic carbocycles. The number of hydrogen-bond acceptors (Lipinski definition) is 8. The third-order valence-electron chi connectivity index (χ3n) is 8.46. The van der Waals surface area contributed by atoms with Crippen molar-refractivity contribution in [3.05, 3.63) is 58.7 Å². The lowest BCUT2D eigenvalue weighted by molar-refractivity contribution is 0.0978. The van der Waals surface area contributed by atoms with Crippen LogP contribution in [0.25, 0.3) is 0 Å². The molecule has 10 nitrogen and oxygen atoms in total. The fourth-order valence-corrected chi connectivity index (χ4v) is 8.96. The second-order valence-corrected chi connectivity index (χ2v) is 14.7. The maximum atomic E-state index is 13.6. The second kappa shape index (κ2) is 11.4. The van der Waals surface area contributed by atoms with Crippen LogP contribution in [0, 0.1) is 11.8 Å². The Kier molecular flexibility index (Phi) is 8.29. The number of piperidine rings is 2. The molecule has 3 aliphatic rings. The highest BCUT2D eigenvalue weighted by atomic mass is 32.2. The zero-order chi connectivity index (χ0) is 28.7. The van der Waals surface area contributed by atoms with Crippen LogP contribution in [0.4, 0.5) is 0 Å². The van der Waals surface area contributed by atoms with E-state index in [2.05, 4.69) is 0 Å². The van der Waals surface area contributed by atoms with Crippen LogP contribution in [-0.4, -0.2) is 86.6 Å². The summed E-state index contributed by atoms with van der Waals surface area (Å²) in [4.78, 5) is 26.7. The van der Waals surface area contributed by atoms with E-state index < -0.39 is 31.6 Å². The molecule has 2 saturated heterocycles. The SMILES string of the molecule is O=C1c2ccc(S(=O)(=O)N3CCC(CCO)CC3)cc2C(=O)c2cc(S(=O)(=O)N3CCC(CCO)CC3)ccc21. The summed E-state index contributed by atoms with van der Waals surface area (Å²) < 4.78 is 56.2. The number of hydrogen-bond donors (Lipinski definition) is 2. The molecule has 0 spiro atoms. The van der Waals surface area contributed by atoms with Gasteiger partial charge >= 0.3 is 0 Å². The number of fused-ring (bicyclic) bond motifs is 2. The molecule has 0 bridgehead atoms. The van der Waals surface area contributed by atoms with E-state index in [4.69, 9.17) is 0 Å². The first-order chi connectivity index (χ1) is 19.1. The monoisotopic (exact) mass is 590 g/mol. The van der Waals surface area contributed by atoms with Gasteiger partial charge in [0.05, 0.1) is 9.79 Å². The van der Waals surface area contributed by atoms with Gasteiger partial charge in [0.25, 0.3) is 0 Å². The van der Waals surface area contributed by atoms with Crippen LogP contribution in [0.15, 0.2) is 46.2 Å². The molecule has 2 aromatic carbocycles. The van der Waals surface area contributed by atoms with Crippen molar-refractivity contribution in [3.63, 3.8) is 0 Å². The predicted octanol–water partition coefficient (Wildman–Crippen LogP) is 2.03. The molecule has 0 amide bonds. The first-order valence-corrected chi connectivity index (χ1v) is 16.6. The molecule has 0 atom stereocenters. The highest BCUT2D eigenvalue weighted by Gasteiger charge is 2.36. The van der Waals surface area contributed by atoms with E-state index in [1.807, 2.05) is 0 Å². The minimum atomic E-state index is -3.92. The normalized spacial score (nSPS) is 19.9. The highest BCUT2D eigenvalue weighted by molar-refractivity contribution is 7.89. The lowest BCUT2D eigenvalue weighted by Crippen LogP contribution is -2.39. The Morgan fingerprint density at radius 3 is 1.30 bits per heavy atom. The molecule has 12 heteroatoms. The van der Waals surface area contributed by atoms with E-state index >= 15 is 0 Å². The minimum Gasteiger partial charge on any atom is -0.396 e. The van der Waals surface area contributed by atoms with Crippen LogP contribution in [0.2, 0.25) is 0 Å². The summed E-state index contributed by atoms with van der Waals surface area (Å²) in [5.74, 6) is -0.546. The number of aliphatic hydroxyl groups excluding tert-OH is 2. The summed E-state index contributed by atoms with van der Waals surface area (Å²) in [6.07, 6.45) is 3.78. The van der Waals surface area contributed by atoms with Crippen molar-refractivity contribution in [2.75, 3.05) is 39.4 Å². The third-order valence-corrected chi connectivity index (χ3v) is 12.2. The predicted molar refractivity (Wildman–Crippen MR) is 146 cm³/mol. The van der Waals surface area contributed by atoms with Crippen molar-refractivity contribution in [2.24, 2.45) is 11.8 Å². The highest BCUT2D eigenvalue weighted by Crippen LogP contribution is 2.33. The Labute approximate surface area is 234 Å². The van der Waals surface area contributed by atoms with Gasteiger partial charge in [-0.15, -0.1) is 0 Å². The Hall–Kier alpha value is -2.48. The van der Waals surface area contributed by atoms with Gasteiger partial charge < -0.3 is 10.2 Å². The summed E-state index contributed by atoms with van der Waals surface area (Å²) in [5.41, 5.74) is 0.0422. The van der Waals surface area contributed by atoms with E-state index in [0.717, 1.165) is 0 Å². The van der Waals surface area contributed by atoms with E-state index in [-0.39, 0.29) is 57.1 Å². The van der Waals surface area contributed by atoms with Crippen molar-refractivity contribution < 1.29 is 36.6 Å². The van der Waals surface area contributed by atoms with E-state index in [9.17, 15) is 36.6 Å². The summed E-state index contributed by atoms with van der Waals surface area (Å²) in [6, 6.07) is 7.82. The second-order valence-electron chi connectivity index (χ2n) is 10.8. The number of aliphatic hydroxyl groups is 2. The van der Waals surface area contributed by atoms with Gasteiger partial charge in [0.1, 0.15) is 0 Å². The molecule has 216 valence electrons. The third kappa shape index (κ3) is 5.28. The molecule has 2 fully saturated rings. The molecule has 40 heavy (non-hydrogen) atoms. The average Bonchev–Trinajstić information content (AvgIpc) is 2.96. The summed E-state index contributed by atoms with van der Waals surface area (Å²) in [6.45, 7) is 1.34. The summed E-state index contributed by atoms with van der Waals surface area (Å²) >= 11 is 0. The molecule has 2 N–H and O–H groups in total. The number of rotatable bonds is 8. The van der Waals surface area contributed by atoms with Crippen LogP contribution < -0.4 is 0 Å². The Morgan fingerprint density at radius 1 is 0.600 bits per heavy atom. The Morgan fingerprint density at radius 2 is 0.950 bits per heavy atom. The smallest absolute Gasteiger partial charge is 0.243 e. The van der Waals surface area contributed by atoms with Gasteiger partial charge in [0.2, 0.25) is 20.0 Å². The maximum absolute atomic E-state index is 13.6. The molecule has 0 radical (unpaired) electrons. The Balaban J connectivity index is 1.41. The van der Waals surface area contributed by atoms with Crippen LogP contribution in [0.5, 0.6) is 0 Å². The van der Waals surface area contributed by atoms with Crippen molar-refractivity contribution >= 4 is 31.6 Å². The van der Waals surface area contributed by atoms with Gasteiger partial charge in [0, 0.05) is 61.6 Å². The van der Waals surface area contributed by atoms with Gasteiger partial charge in [-0.05, 0) is 86.8 Å². The van der Waals surface area contributed by atoms with Crippen molar-refractivity contribution in [2.45, 2.75) is 48.3 Å². The van der Waals surface area contributed by atoms with Crippen LogP contribution in [0.1, 0.15) is 70.4 Å². The molecule has 5 rings (SSSR count). The number of sulfonamides is 2. The molecular weight excluding hydrogens is 556 g/mol. The van der Waals surface area contributed by atoms with Crippen molar-refractivity contribution in [3.8, 4) is 0 Å². The minimum absolute atomic E-state index is 0.0615. The molecule has 0 unspecified atom stereocenters. The molecule has 0 aromatic heterocycles. The van der Waals surface area contributed by atoms with Crippen LogP contribution >= 0.6 is 0 Å². The van der Waals surface area contributed by atoms with Crippen LogP contribution in [-0.2, 0) is 20.0 Å². The van der Waals surface area contributed by atoms with E-state index in [1.165, 1.54) is 45.0 Å². The van der Waals surface area contributed by atoms with Crippen molar-refractivity contribution in [1.82, 2.24) is 8.61 Å². The molecule has 2 heterocycles. The number of benzene rings is 2. The number of ketones is 2. The van der Waals surface area contributed by atoms with Gasteiger partial charge in [0.15, 0.2) is 11.6 Å². The van der Waals surface area contributed by atoms with Gasteiger partial charge in [-0.3, -0.25) is 9.59 Å². The molecular formula is C28H34N2O8S2. The Bertz CT molecular complexity index is 1410. The molecule has 2 aromatic rings. The van der Waals surface area contributed by atoms with Gasteiger partial charge in [-0.1, -0.05) is 0 Å². The van der Waals surface area contributed by atoms with Gasteiger partial charge in [-0.2, -0.15) is 8.61 Å². The van der Waals surface area contributed by atoms with E-state index in [0.29, 0.717) is 64.7 Å². The first kappa shape index (κ1) is 29.0. The van der Waals surface area contributed by atoms with Crippen LogP contribution in [0.3, 0.4) is 0 Å². The lowest BCUT2D eigenvalue weighted by Gasteiger charge is -2.31. The molecule has 2 aliphatic heterocycles. The fraction of sp³-hybridized carbons (Fsp3) is 0.500. The maximum Gasteiger partial charge on any atom is 0.243 e. The number of carbonyl (C=O) groups excluding carboxylic acids is 2. The topological polar surface area (TPSA) is 149 Å². The van der Waals surface area contributed by atoms with Gasteiger partial charge in [-0.25, -0.2) is 16.8 Å². The first-order valence-electron chi connectivity index (χ1n) is 13.7. The zero-order valence-electron chi connectivity index (χ0n) is 22.2. The van der Waals surface area contributed by atoms with Crippen molar-refractivity contribution in [1.29, 1.82) is 0 Å². The standard InChI is InChI=1S/C28H34N2O8S2/c31-15-9-19-5-11-29(12-6-19)39(35,36)21-1-3-23-25(17-21)28(34)26-18-22(2-4-24(26)27(23)33)40(37,38)30-13-7-20(8-14-30)10-16-32/h1-4,17-20,31-32H,5-16H2. The number of nitrogens with zero attached hydrogens (tertiary/aromatic N) is 2. The summed E-state index contributed by atoms with van der Waals surface area (Å²) in [5, 5.41) is 18.3. The summed E-state index contributed by atoms with van der Waals surface area (Å²) in [7, 11) is -7.84. The van der Waals surface area contributed by atoms with E-state index in [1.54, 1.807) is 0 Å². The lowest BCUT2D eigenvalue weighted by atomic mass is 9.84. The average molecular weight is 591 g/mol. The zero-order valence-corrected chi connectivity index (χ0v) is 23.8. The molecule has 0 saturated carbocycles. The quantitative estimate of drug-likeness (QED) is 0.405. The number of carbonyl (C=O) groups is 2. The largest absolute Gasteiger partial charge is 0.396 e. The fourth-order valence-electron chi connectivity index (χ4n) is 5.97.